The molecule has 5 heteroatoms. The van der Waals surface area contributed by atoms with Crippen molar-refractivity contribution in [2.45, 2.75) is 37.6 Å². The van der Waals surface area contributed by atoms with E-state index in [-0.39, 0.29) is 5.91 Å². The van der Waals surface area contributed by atoms with Crippen LogP contribution in [-0.4, -0.2) is 15.7 Å². The topological polar surface area (TPSA) is 46.9 Å². The van der Waals surface area contributed by atoms with E-state index in [1.54, 1.807) is 6.20 Å². The number of aromatic nitrogens is 2. The molecule has 1 saturated carbocycles. The third-order valence-corrected chi connectivity index (χ3v) is 5.59. The maximum Gasteiger partial charge on any atom is 0.235 e. The Morgan fingerprint density at radius 3 is 2.67 bits per heavy atom. The second kappa shape index (κ2) is 7.57. The molecule has 0 bridgehead atoms. The molecule has 1 heterocycles. The predicted octanol–water partition coefficient (Wildman–Crippen LogP) is 5.04. The molecule has 0 saturated heterocycles. The molecule has 1 fully saturated rings. The van der Waals surface area contributed by atoms with Crippen LogP contribution in [0.2, 0.25) is 5.02 Å². The van der Waals surface area contributed by atoms with Crippen LogP contribution in [0, 0.1) is 0 Å². The number of rotatable bonds is 5. The molecule has 0 atom stereocenters. The molecule has 0 unspecified atom stereocenters. The zero-order valence-corrected chi connectivity index (χ0v) is 15.8. The second-order valence-electron chi connectivity index (χ2n) is 7.16. The first-order valence-electron chi connectivity index (χ1n) is 9.30. The summed E-state index contributed by atoms with van der Waals surface area (Å²) in [6.45, 7) is 0.677. The van der Waals surface area contributed by atoms with E-state index in [2.05, 4.69) is 10.4 Å². The van der Waals surface area contributed by atoms with Gasteiger partial charge in [-0.1, -0.05) is 48.7 Å². The highest BCUT2D eigenvalue weighted by Crippen LogP contribution is 2.42. The lowest BCUT2D eigenvalue weighted by atomic mass is 9.78. The van der Waals surface area contributed by atoms with E-state index in [1.807, 2.05) is 65.5 Å². The zero-order valence-electron chi connectivity index (χ0n) is 15.1. The van der Waals surface area contributed by atoms with Crippen molar-refractivity contribution in [3.63, 3.8) is 0 Å². The van der Waals surface area contributed by atoms with Gasteiger partial charge in [0.2, 0.25) is 5.91 Å². The van der Waals surface area contributed by atoms with Gasteiger partial charge >= 0.3 is 0 Å². The van der Waals surface area contributed by atoms with Crippen molar-refractivity contribution in [3.8, 4) is 0 Å². The van der Waals surface area contributed by atoms with Gasteiger partial charge in [0.05, 0.1) is 12.0 Å². The third kappa shape index (κ3) is 3.76. The average molecular weight is 380 g/mol. The van der Waals surface area contributed by atoms with Gasteiger partial charge in [-0.2, -0.15) is 5.10 Å². The lowest BCUT2D eigenvalue weighted by molar-refractivity contribution is -0.121. The van der Waals surface area contributed by atoms with Crippen molar-refractivity contribution in [2.75, 3.05) is 5.32 Å². The number of halogens is 1. The Labute approximate surface area is 164 Å². The molecule has 2 aromatic carbocycles. The molecule has 27 heavy (non-hydrogen) atoms. The van der Waals surface area contributed by atoms with Crippen LogP contribution < -0.4 is 5.32 Å². The minimum absolute atomic E-state index is 0.0542. The van der Waals surface area contributed by atoms with Crippen molar-refractivity contribution in [2.24, 2.45) is 0 Å². The molecule has 0 radical (unpaired) electrons. The van der Waals surface area contributed by atoms with Gasteiger partial charge in [-0.15, -0.1) is 0 Å². The highest BCUT2D eigenvalue weighted by atomic mass is 35.5. The van der Waals surface area contributed by atoms with E-state index in [1.165, 1.54) is 0 Å². The first-order chi connectivity index (χ1) is 13.2. The summed E-state index contributed by atoms with van der Waals surface area (Å²) in [7, 11) is 0. The summed E-state index contributed by atoms with van der Waals surface area (Å²) in [5.41, 5.74) is 2.43. The number of nitrogens with zero attached hydrogens (tertiary/aromatic N) is 2. The van der Waals surface area contributed by atoms with E-state index in [9.17, 15) is 4.79 Å². The Morgan fingerprint density at radius 2 is 1.93 bits per heavy atom. The summed E-state index contributed by atoms with van der Waals surface area (Å²) in [5, 5.41) is 8.07. The van der Waals surface area contributed by atoms with Crippen LogP contribution in [0.3, 0.4) is 0 Å². The molecule has 138 valence electrons. The Hall–Kier alpha value is -2.59. The summed E-state index contributed by atoms with van der Waals surface area (Å²) >= 11 is 6.20. The van der Waals surface area contributed by atoms with E-state index in [4.69, 9.17) is 11.6 Å². The van der Waals surface area contributed by atoms with E-state index >= 15 is 0 Å². The molecular weight excluding hydrogens is 358 g/mol. The predicted molar refractivity (Wildman–Crippen MR) is 108 cm³/mol. The maximum atomic E-state index is 13.3. The minimum atomic E-state index is -0.497. The van der Waals surface area contributed by atoms with Crippen molar-refractivity contribution < 1.29 is 4.79 Å². The zero-order chi connectivity index (χ0) is 18.7. The van der Waals surface area contributed by atoms with Gasteiger partial charge in [-0.3, -0.25) is 9.48 Å². The molecule has 0 spiro atoms. The van der Waals surface area contributed by atoms with E-state index in [0.29, 0.717) is 11.6 Å². The summed E-state index contributed by atoms with van der Waals surface area (Å²) in [6, 6.07) is 17.6. The van der Waals surface area contributed by atoms with Crippen molar-refractivity contribution >= 4 is 23.2 Å². The van der Waals surface area contributed by atoms with Gasteiger partial charge < -0.3 is 5.32 Å². The van der Waals surface area contributed by atoms with Crippen molar-refractivity contribution in [1.29, 1.82) is 0 Å². The van der Waals surface area contributed by atoms with Crippen molar-refractivity contribution in [3.05, 3.63) is 83.1 Å². The lowest BCUT2D eigenvalue weighted by Crippen LogP contribution is -2.38. The SMILES string of the molecule is O=C(Nc1cccc(Cn2cccn2)c1)C1(c2cccc(Cl)c2)CCCC1. The molecule has 1 N–H and O–H groups in total. The lowest BCUT2D eigenvalue weighted by Gasteiger charge is -2.28. The van der Waals surface area contributed by atoms with E-state index in [0.717, 1.165) is 42.5 Å². The number of amides is 1. The number of anilines is 1. The molecule has 1 aromatic heterocycles. The molecule has 1 aliphatic rings. The van der Waals surface area contributed by atoms with Gasteiger partial charge in [0, 0.05) is 23.1 Å². The second-order valence-corrected chi connectivity index (χ2v) is 7.59. The fourth-order valence-electron chi connectivity index (χ4n) is 3.99. The first kappa shape index (κ1) is 17.8. The van der Waals surface area contributed by atoms with Crippen LogP contribution in [0.4, 0.5) is 5.69 Å². The molecule has 4 nitrogen and oxygen atoms in total. The average Bonchev–Trinajstić information content (AvgIpc) is 3.34. The number of carbonyl (C=O) groups is 1. The number of benzene rings is 2. The van der Waals surface area contributed by atoms with Gasteiger partial charge in [0.15, 0.2) is 0 Å². The summed E-state index contributed by atoms with van der Waals surface area (Å²) in [5.74, 6) is 0.0542. The molecule has 4 rings (SSSR count). The van der Waals surface area contributed by atoms with Gasteiger partial charge in [-0.25, -0.2) is 0 Å². The number of hydrogen-bond acceptors (Lipinski definition) is 2. The molecule has 1 amide bonds. The Kier molecular flexibility index (Phi) is 4.99. The number of carbonyl (C=O) groups excluding carboxylic acids is 1. The van der Waals surface area contributed by atoms with Gasteiger partial charge in [0.25, 0.3) is 0 Å². The normalized spacial score (nSPS) is 15.6. The first-order valence-corrected chi connectivity index (χ1v) is 9.67. The van der Waals surface area contributed by atoms with Crippen LogP contribution in [0.15, 0.2) is 67.0 Å². The Balaban J connectivity index is 1.57. The van der Waals surface area contributed by atoms with Gasteiger partial charge in [-0.05, 0) is 54.3 Å². The van der Waals surface area contributed by atoms with Crippen LogP contribution in [-0.2, 0) is 16.8 Å². The maximum absolute atomic E-state index is 13.3. The molecule has 3 aromatic rings. The largest absolute Gasteiger partial charge is 0.325 e. The summed E-state index contributed by atoms with van der Waals surface area (Å²) in [4.78, 5) is 13.3. The fourth-order valence-corrected chi connectivity index (χ4v) is 4.18. The third-order valence-electron chi connectivity index (χ3n) is 5.36. The van der Waals surface area contributed by atoms with Crippen molar-refractivity contribution in [1.82, 2.24) is 9.78 Å². The molecule has 1 aliphatic carbocycles. The molecular formula is C22H22ClN3O. The monoisotopic (exact) mass is 379 g/mol. The smallest absolute Gasteiger partial charge is 0.235 e. The van der Waals surface area contributed by atoms with Crippen LogP contribution in [0.1, 0.15) is 36.8 Å². The standard InChI is InChI=1S/C22H22ClN3O/c23-19-8-4-7-18(15-19)22(10-1-2-11-22)21(27)25-20-9-3-6-17(14-20)16-26-13-5-12-24-26/h3-9,12-15H,1-2,10-11,16H2,(H,25,27). The fraction of sp³-hybridized carbons (Fsp3) is 0.273. The quantitative estimate of drug-likeness (QED) is 0.675. The Bertz CT molecular complexity index is 930. The van der Waals surface area contributed by atoms with Gasteiger partial charge in [0.1, 0.15) is 0 Å². The highest BCUT2D eigenvalue weighted by Gasteiger charge is 2.42. The van der Waals surface area contributed by atoms with E-state index < -0.39 is 5.41 Å². The number of hydrogen-bond donors (Lipinski definition) is 1. The number of nitrogens with one attached hydrogen (secondary N) is 1. The minimum Gasteiger partial charge on any atom is -0.325 e. The Morgan fingerprint density at radius 1 is 1.11 bits per heavy atom. The van der Waals surface area contributed by atoms with Crippen LogP contribution >= 0.6 is 11.6 Å². The van der Waals surface area contributed by atoms with Crippen LogP contribution in [0.25, 0.3) is 0 Å². The molecule has 0 aliphatic heterocycles. The summed E-state index contributed by atoms with van der Waals surface area (Å²) in [6.07, 6.45) is 7.51. The summed E-state index contributed by atoms with van der Waals surface area (Å²) < 4.78 is 1.87. The van der Waals surface area contributed by atoms with Crippen LogP contribution in [0.5, 0.6) is 0 Å². The highest BCUT2D eigenvalue weighted by molar-refractivity contribution is 6.30.